The Balaban J connectivity index is 2.28. The van der Waals surface area contributed by atoms with Crippen molar-refractivity contribution < 1.29 is 9.18 Å². The van der Waals surface area contributed by atoms with Crippen LogP contribution in [0.3, 0.4) is 0 Å². The van der Waals surface area contributed by atoms with Crippen LogP contribution in [0.25, 0.3) is 0 Å². The van der Waals surface area contributed by atoms with E-state index in [-0.39, 0.29) is 17.5 Å². The van der Waals surface area contributed by atoms with Crippen LogP contribution in [0.2, 0.25) is 0 Å². The van der Waals surface area contributed by atoms with Gasteiger partial charge in [0.15, 0.2) is 0 Å². The molecule has 1 saturated carbocycles. The van der Waals surface area contributed by atoms with E-state index in [0.29, 0.717) is 11.0 Å². The third kappa shape index (κ3) is 2.58. The fourth-order valence-corrected chi connectivity index (χ4v) is 3.14. The third-order valence-corrected chi connectivity index (χ3v) is 4.20. The van der Waals surface area contributed by atoms with E-state index in [2.05, 4.69) is 15.9 Å². The first-order chi connectivity index (χ1) is 8.65. The zero-order valence-corrected chi connectivity index (χ0v) is 12.0. The average Bonchev–Trinajstić information content (AvgIpc) is 2.83. The van der Waals surface area contributed by atoms with Gasteiger partial charge in [0.25, 0.3) is 5.91 Å². The summed E-state index contributed by atoms with van der Waals surface area (Å²) in [6, 6.07) is 4.91. The predicted molar refractivity (Wildman–Crippen MR) is 73.1 cm³/mol. The molecule has 4 heteroatoms. The molecule has 0 radical (unpaired) electrons. The molecule has 0 unspecified atom stereocenters. The number of nitrogens with zero attached hydrogens (tertiary/aromatic N) is 1. The number of carbonyl (C=O) groups is 1. The minimum absolute atomic E-state index is 0.159. The number of hydrogen-bond acceptors (Lipinski definition) is 1. The minimum Gasteiger partial charge on any atom is -0.336 e. The van der Waals surface area contributed by atoms with Crippen LogP contribution in [0.4, 0.5) is 4.39 Å². The Hall–Kier alpha value is -0.900. The number of rotatable bonds is 3. The second kappa shape index (κ2) is 5.83. The SMILES string of the molecule is CCN(C(=O)c1c(F)cccc1Br)C1CCCC1. The second-order valence-electron chi connectivity index (χ2n) is 4.63. The average molecular weight is 314 g/mol. The molecule has 1 aromatic carbocycles. The first-order valence-corrected chi connectivity index (χ1v) is 7.19. The quantitative estimate of drug-likeness (QED) is 0.826. The van der Waals surface area contributed by atoms with E-state index >= 15 is 0 Å². The molecule has 1 aliphatic carbocycles. The number of halogens is 2. The normalized spacial score (nSPS) is 15.9. The maximum Gasteiger partial charge on any atom is 0.258 e. The first kappa shape index (κ1) is 13.5. The summed E-state index contributed by atoms with van der Waals surface area (Å²) in [6.07, 6.45) is 4.39. The van der Waals surface area contributed by atoms with Crippen LogP contribution in [0, 0.1) is 5.82 Å². The summed E-state index contributed by atoms with van der Waals surface area (Å²) >= 11 is 3.27. The van der Waals surface area contributed by atoms with Crippen LogP contribution in [-0.4, -0.2) is 23.4 Å². The molecule has 98 valence electrons. The molecule has 18 heavy (non-hydrogen) atoms. The Morgan fingerprint density at radius 3 is 2.67 bits per heavy atom. The van der Waals surface area contributed by atoms with E-state index < -0.39 is 5.82 Å². The molecule has 0 saturated heterocycles. The van der Waals surface area contributed by atoms with E-state index in [9.17, 15) is 9.18 Å². The van der Waals surface area contributed by atoms with Crippen molar-refractivity contribution in [1.82, 2.24) is 4.90 Å². The first-order valence-electron chi connectivity index (χ1n) is 6.40. The molecule has 1 fully saturated rings. The van der Waals surface area contributed by atoms with Crippen LogP contribution >= 0.6 is 15.9 Å². The van der Waals surface area contributed by atoms with Gasteiger partial charge in [-0.05, 0) is 47.8 Å². The van der Waals surface area contributed by atoms with Gasteiger partial charge in [0, 0.05) is 17.1 Å². The maximum absolute atomic E-state index is 13.8. The van der Waals surface area contributed by atoms with E-state index in [1.54, 1.807) is 17.0 Å². The smallest absolute Gasteiger partial charge is 0.258 e. The summed E-state index contributed by atoms with van der Waals surface area (Å²) < 4.78 is 14.3. The molecule has 0 aromatic heterocycles. The molecule has 1 amide bonds. The molecule has 0 aliphatic heterocycles. The fourth-order valence-electron chi connectivity index (χ4n) is 2.63. The molecular weight excluding hydrogens is 297 g/mol. The maximum atomic E-state index is 13.8. The summed E-state index contributed by atoms with van der Waals surface area (Å²) in [5.41, 5.74) is 0.159. The van der Waals surface area contributed by atoms with Crippen LogP contribution in [0.15, 0.2) is 22.7 Å². The Morgan fingerprint density at radius 2 is 2.11 bits per heavy atom. The monoisotopic (exact) mass is 313 g/mol. The van der Waals surface area contributed by atoms with Gasteiger partial charge in [-0.15, -0.1) is 0 Å². The van der Waals surface area contributed by atoms with Gasteiger partial charge in [-0.1, -0.05) is 18.9 Å². The standard InChI is InChI=1S/C14H17BrFNO/c1-2-17(10-6-3-4-7-10)14(18)13-11(15)8-5-9-12(13)16/h5,8-10H,2-4,6-7H2,1H3. The van der Waals surface area contributed by atoms with Crippen LogP contribution in [0.1, 0.15) is 43.0 Å². The van der Waals surface area contributed by atoms with Crippen LogP contribution < -0.4 is 0 Å². The highest BCUT2D eigenvalue weighted by Crippen LogP contribution is 2.27. The Labute approximate surface area is 115 Å². The Morgan fingerprint density at radius 1 is 1.44 bits per heavy atom. The van der Waals surface area contributed by atoms with Crippen LogP contribution in [-0.2, 0) is 0 Å². The summed E-state index contributed by atoms with van der Waals surface area (Å²) in [7, 11) is 0. The molecule has 2 nitrogen and oxygen atoms in total. The van der Waals surface area contributed by atoms with Gasteiger partial charge in [0.1, 0.15) is 5.82 Å². The number of hydrogen-bond donors (Lipinski definition) is 0. The summed E-state index contributed by atoms with van der Waals surface area (Å²) in [4.78, 5) is 14.3. The molecule has 0 atom stereocenters. The zero-order chi connectivity index (χ0) is 13.1. The van der Waals surface area contributed by atoms with Crippen molar-refractivity contribution >= 4 is 21.8 Å². The van der Waals surface area contributed by atoms with Gasteiger partial charge in [0.05, 0.1) is 5.56 Å². The Bertz CT molecular complexity index is 423. The van der Waals surface area contributed by atoms with Crippen molar-refractivity contribution in [3.05, 3.63) is 34.1 Å². The van der Waals surface area contributed by atoms with Crippen molar-refractivity contribution in [2.24, 2.45) is 0 Å². The molecule has 0 heterocycles. The van der Waals surface area contributed by atoms with Gasteiger partial charge >= 0.3 is 0 Å². The topological polar surface area (TPSA) is 20.3 Å². The van der Waals surface area contributed by atoms with Gasteiger partial charge in [-0.3, -0.25) is 4.79 Å². The summed E-state index contributed by atoms with van der Waals surface area (Å²) in [6.45, 7) is 2.58. The lowest BCUT2D eigenvalue weighted by atomic mass is 10.1. The van der Waals surface area contributed by atoms with Gasteiger partial charge < -0.3 is 4.90 Å². The van der Waals surface area contributed by atoms with Gasteiger partial charge in [-0.2, -0.15) is 0 Å². The van der Waals surface area contributed by atoms with E-state index in [1.165, 1.54) is 6.07 Å². The van der Waals surface area contributed by atoms with E-state index in [0.717, 1.165) is 25.7 Å². The second-order valence-corrected chi connectivity index (χ2v) is 5.48. The van der Waals surface area contributed by atoms with Gasteiger partial charge in [-0.25, -0.2) is 4.39 Å². The lowest BCUT2D eigenvalue weighted by Crippen LogP contribution is -2.39. The number of amides is 1. The molecule has 0 spiro atoms. The molecule has 0 N–H and O–H groups in total. The molecule has 0 bridgehead atoms. The lowest BCUT2D eigenvalue weighted by Gasteiger charge is -2.28. The fraction of sp³-hybridized carbons (Fsp3) is 0.500. The van der Waals surface area contributed by atoms with Crippen LogP contribution in [0.5, 0.6) is 0 Å². The highest BCUT2D eigenvalue weighted by atomic mass is 79.9. The van der Waals surface area contributed by atoms with E-state index in [1.807, 2.05) is 6.92 Å². The molecule has 1 aromatic rings. The lowest BCUT2D eigenvalue weighted by molar-refractivity contribution is 0.0688. The largest absolute Gasteiger partial charge is 0.336 e. The third-order valence-electron chi connectivity index (χ3n) is 3.54. The molecular formula is C14H17BrFNO. The van der Waals surface area contributed by atoms with Crippen molar-refractivity contribution in [1.29, 1.82) is 0 Å². The van der Waals surface area contributed by atoms with Crippen molar-refractivity contribution in [2.75, 3.05) is 6.54 Å². The predicted octanol–water partition coefficient (Wildman–Crippen LogP) is 3.99. The number of carbonyl (C=O) groups excluding carboxylic acids is 1. The number of benzene rings is 1. The Kier molecular flexibility index (Phi) is 4.38. The van der Waals surface area contributed by atoms with Crippen molar-refractivity contribution in [2.45, 2.75) is 38.6 Å². The van der Waals surface area contributed by atoms with Crippen molar-refractivity contribution in [3.63, 3.8) is 0 Å². The highest BCUT2D eigenvalue weighted by Gasteiger charge is 2.28. The van der Waals surface area contributed by atoms with Gasteiger partial charge in [0.2, 0.25) is 0 Å². The summed E-state index contributed by atoms with van der Waals surface area (Å²) in [5.74, 6) is -0.653. The molecule has 1 aliphatic rings. The van der Waals surface area contributed by atoms with Crippen molar-refractivity contribution in [3.8, 4) is 0 Å². The minimum atomic E-state index is -0.453. The zero-order valence-electron chi connectivity index (χ0n) is 10.5. The highest BCUT2D eigenvalue weighted by molar-refractivity contribution is 9.10. The molecule has 2 rings (SSSR count). The summed E-state index contributed by atoms with van der Waals surface area (Å²) in [5, 5.41) is 0. The van der Waals surface area contributed by atoms with E-state index in [4.69, 9.17) is 0 Å².